The van der Waals surface area contributed by atoms with Gasteiger partial charge in [-0.2, -0.15) is 24.9 Å². The number of hydrogen-bond donors (Lipinski definition) is 2. The first kappa shape index (κ1) is 21.9. The molecule has 0 fully saturated rings. The van der Waals surface area contributed by atoms with E-state index in [9.17, 15) is 18.0 Å². The van der Waals surface area contributed by atoms with Crippen molar-refractivity contribution in [3.63, 3.8) is 0 Å². The molecular weight excluding hydrogens is 353 g/mol. The molecule has 4 nitrogen and oxygen atoms in total. The van der Waals surface area contributed by atoms with Gasteiger partial charge >= 0.3 is 6.18 Å². The van der Waals surface area contributed by atoms with Gasteiger partial charge in [0.15, 0.2) is 6.61 Å². The Bertz CT molecular complexity index is 489. The normalized spacial score (nSPS) is 12.2. The highest BCUT2D eigenvalue weighted by atomic mass is 35.5. The fourth-order valence-electron chi connectivity index (χ4n) is 1.61. The van der Waals surface area contributed by atoms with E-state index < -0.39 is 18.8 Å². The number of thioether (sulfide) groups is 1. The second-order valence-electron chi connectivity index (χ2n) is 4.66. The molecule has 0 saturated heterocycles. The van der Waals surface area contributed by atoms with Crippen molar-refractivity contribution in [2.75, 3.05) is 18.6 Å². The zero-order valence-corrected chi connectivity index (χ0v) is 14.2. The molecule has 0 aliphatic rings. The largest absolute Gasteiger partial charge is 0.484 e. The summed E-state index contributed by atoms with van der Waals surface area (Å²) in [6, 6.07) is 5.56. The van der Waals surface area contributed by atoms with Gasteiger partial charge in [-0.25, -0.2) is 0 Å². The van der Waals surface area contributed by atoms with Crippen LogP contribution in [0.1, 0.15) is 12.0 Å². The van der Waals surface area contributed by atoms with Crippen molar-refractivity contribution < 1.29 is 22.7 Å². The predicted molar refractivity (Wildman–Crippen MR) is 88.1 cm³/mol. The van der Waals surface area contributed by atoms with Crippen molar-refractivity contribution in [2.45, 2.75) is 25.2 Å². The Kier molecular flexibility index (Phi) is 10.1. The first-order valence-electron chi connectivity index (χ1n) is 6.62. The third-order valence-electron chi connectivity index (χ3n) is 2.74. The summed E-state index contributed by atoms with van der Waals surface area (Å²) in [4.78, 5) is 11.7. The molecule has 0 bridgehead atoms. The van der Waals surface area contributed by atoms with Gasteiger partial charge in [0.2, 0.25) is 5.91 Å². The van der Waals surface area contributed by atoms with Gasteiger partial charge in [0.25, 0.3) is 0 Å². The van der Waals surface area contributed by atoms with E-state index in [0.717, 1.165) is 5.75 Å². The van der Waals surface area contributed by atoms with Gasteiger partial charge in [-0.15, -0.1) is 12.4 Å². The van der Waals surface area contributed by atoms with Crippen molar-refractivity contribution >= 4 is 30.1 Å². The van der Waals surface area contributed by atoms with E-state index in [1.54, 1.807) is 23.9 Å². The van der Waals surface area contributed by atoms with Crippen LogP contribution in [0.3, 0.4) is 0 Å². The van der Waals surface area contributed by atoms with Crippen LogP contribution in [-0.2, 0) is 11.3 Å². The lowest BCUT2D eigenvalue weighted by atomic mass is 10.2. The molecule has 1 aromatic rings. The summed E-state index contributed by atoms with van der Waals surface area (Å²) in [5, 5.41) is 2.66. The first-order chi connectivity index (χ1) is 10.3. The average Bonchev–Trinajstić information content (AvgIpc) is 2.48. The quantitative estimate of drug-likeness (QED) is 0.736. The van der Waals surface area contributed by atoms with E-state index in [1.165, 1.54) is 12.1 Å². The van der Waals surface area contributed by atoms with Crippen molar-refractivity contribution in [3.05, 3.63) is 29.8 Å². The number of amides is 1. The summed E-state index contributed by atoms with van der Waals surface area (Å²) in [6.07, 6.45) is -1.88. The molecule has 0 aliphatic heterocycles. The van der Waals surface area contributed by atoms with Crippen molar-refractivity contribution in [2.24, 2.45) is 5.73 Å². The fraction of sp³-hybridized carbons (Fsp3) is 0.500. The zero-order chi connectivity index (χ0) is 16.6. The number of nitrogens with two attached hydrogens (primary N) is 1. The number of hydrogen-bond acceptors (Lipinski definition) is 4. The summed E-state index contributed by atoms with van der Waals surface area (Å²) < 4.78 is 40.9. The number of halogens is 4. The van der Waals surface area contributed by atoms with Crippen LogP contribution in [0.25, 0.3) is 0 Å². The standard InChI is InChI=1S/C14H19F3N2O2S.ClH/c1-22-6-5-12(18)13(20)19-8-10-3-2-4-11(7-10)21-9-14(15,16)17;/h2-4,7,12H,5-6,8-9,18H2,1H3,(H,19,20);1H. The van der Waals surface area contributed by atoms with Crippen LogP contribution < -0.4 is 15.8 Å². The van der Waals surface area contributed by atoms with Gasteiger partial charge in [-0.1, -0.05) is 12.1 Å². The lowest BCUT2D eigenvalue weighted by Gasteiger charge is -2.13. The summed E-state index contributed by atoms with van der Waals surface area (Å²) in [5.74, 6) is 0.612. The Morgan fingerprint density at radius 2 is 2.13 bits per heavy atom. The van der Waals surface area contributed by atoms with Gasteiger partial charge in [0.1, 0.15) is 5.75 Å². The highest BCUT2D eigenvalue weighted by Crippen LogP contribution is 2.19. The summed E-state index contributed by atoms with van der Waals surface area (Å²) in [7, 11) is 0. The Morgan fingerprint density at radius 1 is 1.43 bits per heavy atom. The van der Waals surface area contributed by atoms with Gasteiger partial charge in [-0.05, 0) is 36.1 Å². The minimum Gasteiger partial charge on any atom is -0.484 e. The lowest BCUT2D eigenvalue weighted by molar-refractivity contribution is -0.153. The van der Waals surface area contributed by atoms with Crippen LogP contribution in [-0.4, -0.2) is 36.7 Å². The van der Waals surface area contributed by atoms with Gasteiger partial charge in [0.05, 0.1) is 6.04 Å². The Morgan fingerprint density at radius 3 is 2.74 bits per heavy atom. The molecule has 1 unspecified atom stereocenters. The Balaban J connectivity index is 0.00000484. The molecule has 3 N–H and O–H groups in total. The maximum atomic E-state index is 12.1. The van der Waals surface area contributed by atoms with Crippen LogP contribution in [0.2, 0.25) is 0 Å². The van der Waals surface area contributed by atoms with E-state index >= 15 is 0 Å². The minimum atomic E-state index is -4.38. The molecule has 0 spiro atoms. The van der Waals surface area contributed by atoms with Crippen molar-refractivity contribution in [1.29, 1.82) is 0 Å². The fourth-order valence-corrected chi connectivity index (χ4v) is 2.10. The predicted octanol–water partition coefficient (Wildman–Crippen LogP) is 2.75. The molecular formula is C14H20ClF3N2O2S. The van der Waals surface area contributed by atoms with Crippen LogP contribution in [0, 0.1) is 0 Å². The number of carbonyl (C=O) groups is 1. The van der Waals surface area contributed by atoms with Crippen LogP contribution >= 0.6 is 24.2 Å². The number of rotatable bonds is 8. The number of carbonyl (C=O) groups excluding carboxylic acids is 1. The van der Waals surface area contributed by atoms with Crippen LogP contribution in [0.15, 0.2) is 24.3 Å². The third-order valence-corrected chi connectivity index (χ3v) is 3.38. The third kappa shape index (κ3) is 9.58. The topological polar surface area (TPSA) is 64.4 Å². The minimum absolute atomic E-state index is 0. The molecule has 23 heavy (non-hydrogen) atoms. The number of benzene rings is 1. The number of ether oxygens (including phenoxy) is 1. The van der Waals surface area contributed by atoms with Crippen molar-refractivity contribution in [1.82, 2.24) is 5.32 Å². The molecule has 0 heterocycles. The Hall–Kier alpha value is -1.12. The maximum absolute atomic E-state index is 12.1. The lowest BCUT2D eigenvalue weighted by Crippen LogP contribution is -2.40. The molecule has 0 aliphatic carbocycles. The number of nitrogens with one attached hydrogen (secondary N) is 1. The molecule has 0 aromatic heterocycles. The maximum Gasteiger partial charge on any atom is 0.422 e. The summed E-state index contributed by atoms with van der Waals surface area (Å²) in [6.45, 7) is -1.16. The van der Waals surface area contributed by atoms with Gasteiger partial charge in [0, 0.05) is 6.54 Å². The molecule has 0 saturated carbocycles. The molecule has 1 atom stereocenters. The summed E-state index contributed by atoms with van der Waals surface area (Å²) in [5.41, 5.74) is 6.36. The zero-order valence-electron chi connectivity index (χ0n) is 12.6. The Labute approximate surface area is 143 Å². The molecule has 1 rings (SSSR count). The van der Waals surface area contributed by atoms with E-state index in [4.69, 9.17) is 5.73 Å². The second kappa shape index (κ2) is 10.6. The van der Waals surface area contributed by atoms with Gasteiger partial charge in [-0.3, -0.25) is 4.79 Å². The molecule has 9 heteroatoms. The first-order valence-corrected chi connectivity index (χ1v) is 8.02. The van der Waals surface area contributed by atoms with Gasteiger partial charge < -0.3 is 15.8 Å². The highest BCUT2D eigenvalue weighted by Gasteiger charge is 2.28. The second-order valence-corrected chi connectivity index (χ2v) is 5.64. The number of alkyl halides is 3. The van der Waals surface area contributed by atoms with Crippen LogP contribution in [0.4, 0.5) is 13.2 Å². The van der Waals surface area contributed by atoms with E-state index in [2.05, 4.69) is 10.1 Å². The molecule has 1 amide bonds. The van der Waals surface area contributed by atoms with Crippen molar-refractivity contribution in [3.8, 4) is 5.75 Å². The molecule has 0 radical (unpaired) electrons. The van der Waals surface area contributed by atoms with E-state index in [0.29, 0.717) is 12.0 Å². The van der Waals surface area contributed by atoms with E-state index in [-0.39, 0.29) is 30.6 Å². The average molecular weight is 373 g/mol. The van der Waals surface area contributed by atoms with Crippen LogP contribution in [0.5, 0.6) is 5.75 Å². The summed E-state index contributed by atoms with van der Waals surface area (Å²) >= 11 is 1.60. The smallest absolute Gasteiger partial charge is 0.422 e. The van der Waals surface area contributed by atoms with E-state index in [1.807, 2.05) is 6.26 Å². The molecule has 132 valence electrons. The monoisotopic (exact) mass is 372 g/mol. The highest BCUT2D eigenvalue weighted by molar-refractivity contribution is 7.98. The molecule has 1 aromatic carbocycles. The SMILES string of the molecule is CSCCC(N)C(=O)NCc1cccc(OCC(F)(F)F)c1.Cl.